The zero-order valence-electron chi connectivity index (χ0n) is 6.14. The van der Waals surface area contributed by atoms with Crippen molar-refractivity contribution in [1.29, 1.82) is 0 Å². The van der Waals surface area contributed by atoms with Gasteiger partial charge in [0, 0.05) is 19.7 Å². The number of rotatable bonds is 6. The molecule has 0 rings (SSSR count). The molecule has 0 aliphatic carbocycles. The molecule has 55 valence electrons. The van der Waals surface area contributed by atoms with Crippen LogP contribution in [0.15, 0.2) is 0 Å². The maximum absolute atomic E-state index is 8.36. The van der Waals surface area contributed by atoms with Crippen molar-refractivity contribution in [3.63, 3.8) is 0 Å². The molecule has 0 spiro atoms. The molecule has 2 heteroatoms. The molecule has 0 aromatic carbocycles. The monoisotopic (exact) mass is 130 g/mol. The highest BCUT2D eigenvalue weighted by Crippen LogP contribution is 1.83. The molecular formula is C7H16NO. The summed E-state index contributed by atoms with van der Waals surface area (Å²) in [6, 6.07) is 0. The average molecular weight is 130 g/mol. The van der Waals surface area contributed by atoms with Crippen molar-refractivity contribution in [2.75, 3.05) is 19.7 Å². The van der Waals surface area contributed by atoms with E-state index in [0.717, 1.165) is 19.5 Å². The molecule has 0 aromatic heterocycles. The van der Waals surface area contributed by atoms with E-state index in [-0.39, 0.29) is 6.61 Å². The largest absolute Gasteiger partial charge is 0.396 e. The van der Waals surface area contributed by atoms with Gasteiger partial charge in [-0.05, 0) is 12.8 Å². The maximum atomic E-state index is 8.36. The van der Waals surface area contributed by atoms with E-state index in [4.69, 9.17) is 5.11 Å². The quantitative estimate of drug-likeness (QED) is 0.529. The number of unbranched alkanes of at least 4 members (excludes halogenated alkanes) is 1. The van der Waals surface area contributed by atoms with Crippen LogP contribution in [-0.4, -0.2) is 24.8 Å². The topological polar surface area (TPSA) is 34.3 Å². The molecule has 0 aliphatic rings. The zero-order chi connectivity index (χ0) is 6.95. The van der Waals surface area contributed by atoms with Gasteiger partial charge in [-0.15, -0.1) is 0 Å². The van der Waals surface area contributed by atoms with Crippen molar-refractivity contribution in [2.45, 2.75) is 26.2 Å². The summed E-state index contributed by atoms with van der Waals surface area (Å²) in [7, 11) is 0. The van der Waals surface area contributed by atoms with Gasteiger partial charge in [0.2, 0.25) is 0 Å². The van der Waals surface area contributed by atoms with Gasteiger partial charge >= 0.3 is 0 Å². The summed E-state index contributed by atoms with van der Waals surface area (Å²) in [6.45, 7) is 4.23. The van der Waals surface area contributed by atoms with E-state index in [1.54, 1.807) is 0 Å². The summed E-state index contributed by atoms with van der Waals surface area (Å²) in [6.07, 6.45) is 3.22. The van der Waals surface area contributed by atoms with Gasteiger partial charge in [-0.2, -0.15) is 0 Å². The van der Waals surface area contributed by atoms with Crippen LogP contribution in [0.5, 0.6) is 0 Å². The summed E-state index contributed by atoms with van der Waals surface area (Å²) in [5.41, 5.74) is 0. The summed E-state index contributed by atoms with van der Waals surface area (Å²) in [5, 5.41) is 12.6. The molecule has 0 bridgehead atoms. The summed E-state index contributed by atoms with van der Waals surface area (Å²) in [5.74, 6) is 0. The van der Waals surface area contributed by atoms with E-state index in [1.807, 2.05) is 0 Å². The lowest BCUT2D eigenvalue weighted by atomic mass is 10.3. The van der Waals surface area contributed by atoms with Crippen LogP contribution in [-0.2, 0) is 0 Å². The Hall–Kier alpha value is -0.0800. The predicted molar refractivity (Wildman–Crippen MR) is 38.5 cm³/mol. The third kappa shape index (κ3) is 7.92. The Morgan fingerprint density at radius 2 is 1.89 bits per heavy atom. The van der Waals surface area contributed by atoms with Crippen molar-refractivity contribution >= 4 is 0 Å². The molecule has 0 aliphatic heterocycles. The van der Waals surface area contributed by atoms with Crippen molar-refractivity contribution in [1.82, 2.24) is 5.32 Å². The molecule has 0 saturated carbocycles. The Morgan fingerprint density at radius 1 is 1.22 bits per heavy atom. The minimum atomic E-state index is 0.273. The van der Waals surface area contributed by atoms with Crippen molar-refractivity contribution in [2.24, 2.45) is 0 Å². The number of nitrogens with zero attached hydrogens (tertiary/aromatic N) is 1. The molecule has 0 aromatic rings. The van der Waals surface area contributed by atoms with Crippen LogP contribution in [0.4, 0.5) is 0 Å². The van der Waals surface area contributed by atoms with Gasteiger partial charge in [0.15, 0.2) is 0 Å². The van der Waals surface area contributed by atoms with Crippen molar-refractivity contribution in [3.05, 3.63) is 0 Å². The van der Waals surface area contributed by atoms with E-state index < -0.39 is 0 Å². The third-order valence-corrected chi connectivity index (χ3v) is 1.14. The van der Waals surface area contributed by atoms with Gasteiger partial charge in [-0.25, -0.2) is 5.32 Å². The Morgan fingerprint density at radius 3 is 2.44 bits per heavy atom. The van der Waals surface area contributed by atoms with Gasteiger partial charge in [-0.3, -0.25) is 0 Å². The van der Waals surface area contributed by atoms with Crippen LogP contribution in [0, 0.1) is 0 Å². The lowest BCUT2D eigenvalue weighted by molar-refractivity contribution is 0.285. The molecule has 0 fully saturated rings. The lowest BCUT2D eigenvalue weighted by Crippen LogP contribution is -2.09. The average Bonchev–Trinajstić information content (AvgIpc) is 1.89. The first-order valence-corrected chi connectivity index (χ1v) is 3.66. The second-order valence-electron chi connectivity index (χ2n) is 2.10. The van der Waals surface area contributed by atoms with Crippen LogP contribution in [0.3, 0.4) is 0 Å². The molecule has 1 radical (unpaired) electrons. The van der Waals surface area contributed by atoms with Crippen LogP contribution < -0.4 is 5.32 Å². The number of aliphatic hydroxyl groups excluding tert-OH is 1. The highest BCUT2D eigenvalue weighted by Gasteiger charge is 1.85. The van der Waals surface area contributed by atoms with Crippen LogP contribution in [0.1, 0.15) is 26.2 Å². The molecular weight excluding hydrogens is 114 g/mol. The summed E-state index contributed by atoms with van der Waals surface area (Å²) < 4.78 is 0. The first-order chi connectivity index (χ1) is 4.41. The van der Waals surface area contributed by atoms with Gasteiger partial charge in [0.05, 0.1) is 0 Å². The predicted octanol–water partition coefficient (Wildman–Crippen LogP) is 0.773. The second-order valence-corrected chi connectivity index (χ2v) is 2.10. The molecule has 0 heterocycles. The van der Waals surface area contributed by atoms with Gasteiger partial charge < -0.3 is 5.11 Å². The number of aliphatic hydroxyl groups is 1. The fourth-order valence-corrected chi connectivity index (χ4v) is 0.564. The van der Waals surface area contributed by atoms with Crippen LogP contribution >= 0.6 is 0 Å². The molecule has 0 saturated heterocycles. The Labute approximate surface area is 57.3 Å². The van der Waals surface area contributed by atoms with E-state index in [2.05, 4.69) is 12.2 Å². The number of hydrogen-bond acceptors (Lipinski definition) is 1. The Kier molecular flexibility index (Phi) is 7.85. The Bertz CT molecular complexity index is 42.2. The fraction of sp³-hybridized carbons (Fsp3) is 1.00. The molecule has 9 heavy (non-hydrogen) atoms. The van der Waals surface area contributed by atoms with E-state index >= 15 is 0 Å². The molecule has 2 nitrogen and oxygen atoms in total. The van der Waals surface area contributed by atoms with Crippen molar-refractivity contribution < 1.29 is 5.11 Å². The second kappa shape index (κ2) is 7.92. The third-order valence-electron chi connectivity index (χ3n) is 1.14. The highest BCUT2D eigenvalue weighted by atomic mass is 16.3. The van der Waals surface area contributed by atoms with Gasteiger partial charge in [0.1, 0.15) is 0 Å². The van der Waals surface area contributed by atoms with Crippen molar-refractivity contribution in [3.8, 4) is 0 Å². The molecule has 1 N–H and O–H groups in total. The zero-order valence-corrected chi connectivity index (χ0v) is 6.14. The van der Waals surface area contributed by atoms with Gasteiger partial charge in [-0.1, -0.05) is 13.3 Å². The van der Waals surface area contributed by atoms with Crippen LogP contribution in [0.25, 0.3) is 0 Å². The molecule has 0 amide bonds. The van der Waals surface area contributed by atoms with Crippen LogP contribution in [0.2, 0.25) is 0 Å². The molecule has 0 atom stereocenters. The van der Waals surface area contributed by atoms with E-state index in [1.165, 1.54) is 12.8 Å². The SMILES string of the molecule is CCCC[N]CCCO. The maximum Gasteiger partial charge on any atom is 0.0443 e. The van der Waals surface area contributed by atoms with E-state index in [0.29, 0.717) is 0 Å². The highest BCUT2D eigenvalue weighted by molar-refractivity contribution is 4.44. The van der Waals surface area contributed by atoms with E-state index in [9.17, 15) is 0 Å². The fourth-order valence-electron chi connectivity index (χ4n) is 0.564. The standard InChI is InChI=1S/C7H16NO/c1-2-3-5-8-6-4-7-9/h9H,2-7H2,1H3. The first kappa shape index (κ1) is 8.92. The summed E-state index contributed by atoms with van der Waals surface area (Å²) in [4.78, 5) is 0. The van der Waals surface area contributed by atoms with Gasteiger partial charge in [0.25, 0.3) is 0 Å². The lowest BCUT2D eigenvalue weighted by Gasteiger charge is -1.97. The Balaban J connectivity index is 2.60. The number of hydrogen-bond donors (Lipinski definition) is 1. The summed E-state index contributed by atoms with van der Waals surface area (Å²) >= 11 is 0. The molecule has 0 unspecified atom stereocenters. The smallest absolute Gasteiger partial charge is 0.0443 e. The normalized spacial score (nSPS) is 10.0. The first-order valence-electron chi connectivity index (χ1n) is 3.66. The minimum absolute atomic E-state index is 0.273. The minimum Gasteiger partial charge on any atom is -0.396 e.